The molecule has 0 unspecified atom stereocenters. The Labute approximate surface area is 116 Å². The van der Waals surface area contributed by atoms with Gasteiger partial charge in [0.15, 0.2) is 0 Å². The number of aromatic nitrogens is 1. The van der Waals surface area contributed by atoms with Crippen LogP contribution < -0.4 is 10.6 Å². The molecule has 19 heavy (non-hydrogen) atoms. The van der Waals surface area contributed by atoms with Crippen LogP contribution in [0.15, 0.2) is 24.3 Å². The number of hydrogen-bond donors (Lipinski definition) is 2. The van der Waals surface area contributed by atoms with E-state index in [0.717, 1.165) is 4.88 Å². The highest BCUT2D eigenvalue weighted by Gasteiger charge is 2.08. The summed E-state index contributed by atoms with van der Waals surface area (Å²) in [6, 6.07) is 7.45. The first-order valence-corrected chi connectivity index (χ1v) is 6.90. The van der Waals surface area contributed by atoms with Crippen LogP contribution in [0, 0.1) is 13.8 Å². The molecular weight excluding hydrogens is 258 g/mol. The van der Waals surface area contributed by atoms with Gasteiger partial charge in [0.25, 0.3) is 5.91 Å². The number of amides is 1. The van der Waals surface area contributed by atoms with E-state index in [1.165, 1.54) is 10.4 Å². The Kier molecular flexibility index (Phi) is 4.16. The second-order valence-corrected chi connectivity index (χ2v) is 5.63. The highest BCUT2D eigenvalue weighted by atomic mass is 32.1. The third kappa shape index (κ3) is 3.32. The molecule has 4 nitrogen and oxygen atoms in total. The third-order valence-corrected chi connectivity index (χ3v) is 4.03. The summed E-state index contributed by atoms with van der Waals surface area (Å²) in [6.07, 6.45) is 0. The fraction of sp³-hybridized carbons (Fsp3) is 0.286. The Morgan fingerprint density at radius 1 is 1.37 bits per heavy atom. The first-order valence-electron chi connectivity index (χ1n) is 6.09. The molecule has 0 bridgehead atoms. The summed E-state index contributed by atoms with van der Waals surface area (Å²) in [5.74, 6) is 0.538. The van der Waals surface area contributed by atoms with E-state index in [9.17, 15) is 4.79 Å². The first-order chi connectivity index (χ1) is 9.10. The molecule has 0 spiro atoms. The molecule has 0 radical (unpaired) electrons. The second-order valence-electron chi connectivity index (χ2n) is 4.29. The van der Waals surface area contributed by atoms with E-state index < -0.39 is 0 Å². The molecule has 0 fully saturated rings. The lowest BCUT2D eigenvalue weighted by Crippen LogP contribution is -2.23. The average molecular weight is 275 g/mol. The van der Waals surface area contributed by atoms with Crippen molar-refractivity contribution in [3.63, 3.8) is 0 Å². The van der Waals surface area contributed by atoms with Gasteiger partial charge in [0.1, 0.15) is 11.5 Å². The third-order valence-electron chi connectivity index (χ3n) is 2.88. The second kappa shape index (κ2) is 5.84. The molecule has 0 saturated carbocycles. The zero-order chi connectivity index (χ0) is 13.8. The fourth-order valence-electron chi connectivity index (χ4n) is 1.70. The highest BCUT2D eigenvalue weighted by molar-refractivity contribution is 7.12. The van der Waals surface area contributed by atoms with Crippen molar-refractivity contribution >= 4 is 23.1 Å². The minimum absolute atomic E-state index is 0.152. The van der Waals surface area contributed by atoms with E-state index in [0.29, 0.717) is 18.1 Å². The Hall–Kier alpha value is -1.88. The van der Waals surface area contributed by atoms with Gasteiger partial charge < -0.3 is 10.6 Å². The predicted octanol–water partition coefficient (Wildman–Crippen LogP) is 2.73. The number of carbonyl (C=O) groups is 1. The Bertz CT molecular complexity index is 573. The topological polar surface area (TPSA) is 54.0 Å². The summed E-state index contributed by atoms with van der Waals surface area (Å²) < 4.78 is 0. The molecule has 0 atom stereocenters. The van der Waals surface area contributed by atoms with Gasteiger partial charge in [-0.25, -0.2) is 4.98 Å². The minimum Gasteiger partial charge on any atom is -0.373 e. The maximum Gasteiger partial charge on any atom is 0.270 e. The van der Waals surface area contributed by atoms with Gasteiger partial charge in [-0.1, -0.05) is 6.07 Å². The van der Waals surface area contributed by atoms with E-state index in [1.807, 2.05) is 12.1 Å². The Morgan fingerprint density at radius 3 is 2.79 bits per heavy atom. The number of hydrogen-bond acceptors (Lipinski definition) is 4. The molecule has 1 amide bonds. The van der Waals surface area contributed by atoms with Gasteiger partial charge in [-0.05, 0) is 37.6 Å². The zero-order valence-corrected chi connectivity index (χ0v) is 12.1. The van der Waals surface area contributed by atoms with Crippen molar-refractivity contribution < 1.29 is 4.79 Å². The summed E-state index contributed by atoms with van der Waals surface area (Å²) >= 11 is 1.71. The first kappa shape index (κ1) is 13.5. The lowest BCUT2D eigenvalue weighted by Gasteiger charge is -2.04. The molecule has 2 rings (SSSR count). The van der Waals surface area contributed by atoms with Crippen LogP contribution in [0.1, 0.15) is 25.8 Å². The van der Waals surface area contributed by atoms with Crippen molar-refractivity contribution in [1.82, 2.24) is 10.3 Å². The number of thiophene rings is 1. The molecule has 2 heterocycles. The minimum atomic E-state index is -0.152. The van der Waals surface area contributed by atoms with E-state index in [2.05, 4.69) is 35.5 Å². The normalized spacial score (nSPS) is 10.3. The smallest absolute Gasteiger partial charge is 0.270 e. The van der Waals surface area contributed by atoms with Crippen LogP contribution in [0.4, 0.5) is 5.82 Å². The van der Waals surface area contributed by atoms with E-state index in [-0.39, 0.29) is 5.91 Å². The van der Waals surface area contributed by atoms with Crippen molar-refractivity contribution in [2.24, 2.45) is 0 Å². The van der Waals surface area contributed by atoms with E-state index >= 15 is 0 Å². The van der Waals surface area contributed by atoms with Gasteiger partial charge in [-0.2, -0.15) is 0 Å². The lowest BCUT2D eigenvalue weighted by molar-refractivity contribution is 0.0946. The molecule has 0 saturated heterocycles. The number of nitrogens with one attached hydrogen (secondary N) is 2. The number of rotatable bonds is 4. The summed E-state index contributed by atoms with van der Waals surface area (Å²) in [4.78, 5) is 18.6. The van der Waals surface area contributed by atoms with Crippen LogP contribution in [0.25, 0.3) is 0 Å². The van der Waals surface area contributed by atoms with Gasteiger partial charge >= 0.3 is 0 Å². The predicted molar refractivity (Wildman–Crippen MR) is 78.7 cm³/mol. The number of nitrogens with zero attached hydrogens (tertiary/aromatic N) is 1. The van der Waals surface area contributed by atoms with Crippen LogP contribution >= 0.6 is 11.3 Å². The molecule has 0 aliphatic rings. The van der Waals surface area contributed by atoms with Crippen molar-refractivity contribution in [3.05, 3.63) is 45.3 Å². The quantitative estimate of drug-likeness (QED) is 0.902. The Balaban J connectivity index is 2.00. The average Bonchev–Trinajstić information content (AvgIpc) is 2.75. The van der Waals surface area contributed by atoms with Gasteiger partial charge in [-0.15, -0.1) is 11.3 Å². The molecular formula is C14H17N3OS. The highest BCUT2D eigenvalue weighted by Crippen LogP contribution is 2.20. The molecule has 2 aromatic rings. The SMILES string of the molecule is CNc1cccc(C(=O)NCc2cc(C)c(C)s2)n1. The molecule has 5 heteroatoms. The van der Waals surface area contributed by atoms with Gasteiger partial charge in [0.2, 0.25) is 0 Å². The zero-order valence-electron chi connectivity index (χ0n) is 11.3. The standard InChI is InChI=1S/C14H17N3OS/c1-9-7-11(19-10(9)2)8-16-14(18)12-5-4-6-13(15-3)17-12/h4-7H,8H2,1-3H3,(H,15,17)(H,16,18). The maximum atomic E-state index is 12.0. The molecule has 0 aliphatic carbocycles. The Morgan fingerprint density at radius 2 is 2.16 bits per heavy atom. The van der Waals surface area contributed by atoms with Gasteiger partial charge in [-0.3, -0.25) is 4.79 Å². The van der Waals surface area contributed by atoms with Crippen molar-refractivity contribution in [2.75, 3.05) is 12.4 Å². The van der Waals surface area contributed by atoms with Crippen LogP contribution in [-0.4, -0.2) is 17.9 Å². The largest absolute Gasteiger partial charge is 0.373 e. The molecule has 0 aromatic carbocycles. The summed E-state index contributed by atoms with van der Waals surface area (Å²) in [6.45, 7) is 4.71. The van der Waals surface area contributed by atoms with E-state index in [1.54, 1.807) is 24.5 Å². The summed E-state index contributed by atoms with van der Waals surface area (Å²) in [5.41, 5.74) is 1.70. The van der Waals surface area contributed by atoms with Crippen LogP contribution in [0.3, 0.4) is 0 Å². The number of anilines is 1. The van der Waals surface area contributed by atoms with Gasteiger partial charge in [0, 0.05) is 16.8 Å². The number of carbonyl (C=O) groups excluding carboxylic acids is 1. The summed E-state index contributed by atoms with van der Waals surface area (Å²) in [7, 11) is 1.78. The van der Waals surface area contributed by atoms with Gasteiger partial charge in [0.05, 0.1) is 6.54 Å². The fourth-order valence-corrected chi connectivity index (χ4v) is 2.69. The maximum absolute atomic E-state index is 12.0. The van der Waals surface area contributed by atoms with Crippen molar-refractivity contribution in [3.8, 4) is 0 Å². The van der Waals surface area contributed by atoms with Crippen molar-refractivity contribution in [1.29, 1.82) is 0 Å². The lowest BCUT2D eigenvalue weighted by atomic mass is 10.3. The molecule has 2 N–H and O–H groups in total. The molecule has 2 aromatic heterocycles. The van der Waals surface area contributed by atoms with E-state index in [4.69, 9.17) is 0 Å². The number of aryl methyl sites for hydroxylation is 2. The molecule has 100 valence electrons. The van der Waals surface area contributed by atoms with Crippen LogP contribution in [0.5, 0.6) is 0 Å². The van der Waals surface area contributed by atoms with Crippen LogP contribution in [0.2, 0.25) is 0 Å². The van der Waals surface area contributed by atoms with Crippen molar-refractivity contribution in [2.45, 2.75) is 20.4 Å². The monoisotopic (exact) mass is 275 g/mol. The van der Waals surface area contributed by atoms with Crippen LogP contribution in [-0.2, 0) is 6.54 Å². The number of pyridine rings is 1. The summed E-state index contributed by atoms with van der Waals surface area (Å²) in [5, 5.41) is 5.81. The molecule has 0 aliphatic heterocycles.